The second kappa shape index (κ2) is 5.80. The van der Waals surface area contributed by atoms with Gasteiger partial charge in [0.2, 0.25) is 10.0 Å². The summed E-state index contributed by atoms with van der Waals surface area (Å²) < 4.78 is 31.5. The van der Waals surface area contributed by atoms with Crippen LogP contribution in [0.3, 0.4) is 0 Å². The maximum Gasteiger partial charge on any atom is 0.246 e. The van der Waals surface area contributed by atoms with E-state index in [0.29, 0.717) is 0 Å². The highest BCUT2D eigenvalue weighted by molar-refractivity contribution is 7.89. The number of aliphatic hydroxyl groups excluding tert-OH is 1. The van der Waals surface area contributed by atoms with Crippen LogP contribution < -0.4 is 11.3 Å². The molecule has 0 amide bonds. The van der Waals surface area contributed by atoms with E-state index in [1.54, 1.807) is 0 Å². The van der Waals surface area contributed by atoms with Gasteiger partial charge in [-0.25, -0.2) is 8.42 Å². The number of nitrogens with zero attached hydrogens (tertiary/aromatic N) is 2. The first-order chi connectivity index (χ1) is 9.09. The Morgan fingerprint density at radius 2 is 2.42 bits per heavy atom. The van der Waals surface area contributed by atoms with Gasteiger partial charge in [-0.2, -0.15) is 4.31 Å². The van der Waals surface area contributed by atoms with Gasteiger partial charge in [0, 0.05) is 25.5 Å². The molecular formula is C10H16N4O4S. The molecule has 0 aromatic carbocycles. The van der Waals surface area contributed by atoms with Gasteiger partial charge in [0.1, 0.15) is 4.90 Å². The second-order valence-corrected chi connectivity index (χ2v) is 5.96. The van der Waals surface area contributed by atoms with Crippen molar-refractivity contribution in [2.45, 2.75) is 11.0 Å². The molecule has 9 heteroatoms. The lowest BCUT2D eigenvalue weighted by molar-refractivity contribution is -0.0304. The number of hydrogen-bond donors (Lipinski definition) is 3. The number of hydrogen-bond acceptors (Lipinski definition) is 7. The van der Waals surface area contributed by atoms with E-state index in [0.717, 1.165) is 0 Å². The number of hydrazine groups is 1. The van der Waals surface area contributed by atoms with Crippen molar-refractivity contribution in [1.29, 1.82) is 0 Å². The minimum absolute atomic E-state index is 0.0103. The van der Waals surface area contributed by atoms with E-state index in [1.165, 1.54) is 22.8 Å². The lowest BCUT2D eigenvalue weighted by Gasteiger charge is -2.31. The van der Waals surface area contributed by atoms with Crippen molar-refractivity contribution in [3.05, 3.63) is 18.5 Å². The van der Waals surface area contributed by atoms with E-state index in [4.69, 9.17) is 15.7 Å². The average molecular weight is 288 g/mol. The lowest BCUT2D eigenvalue weighted by atomic mass is 10.3. The molecule has 8 nitrogen and oxygen atoms in total. The Labute approximate surface area is 111 Å². The minimum atomic E-state index is -3.71. The predicted molar refractivity (Wildman–Crippen MR) is 67.6 cm³/mol. The zero-order valence-corrected chi connectivity index (χ0v) is 11.0. The quantitative estimate of drug-likeness (QED) is 0.468. The number of aromatic nitrogens is 1. The first-order valence-corrected chi connectivity index (χ1v) is 7.17. The number of anilines is 1. The first kappa shape index (κ1) is 14.2. The second-order valence-electron chi connectivity index (χ2n) is 4.05. The number of aliphatic hydroxyl groups is 1. The van der Waals surface area contributed by atoms with Crippen LogP contribution in [-0.4, -0.2) is 55.2 Å². The van der Waals surface area contributed by atoms with Crippen molar-refractivity contribution in [3.63, 3.8) is 0 Å². The van der Waals surface area contributed by atoms with Crippen molar-refractivity contribution < 1.29 is 18.3 Å². The maximum absolute atomic E-state index is 12.5. The number of sulfonamides is 1. The number of nitrogens with one attached hydrogen (secondary N) is 1. The maximum atomic E-state index is 12.5. The molecule has 1 aromatic rings. The number of rotatable bonds is 4. The number of ether oxygens (including phenoxy) is 1. The molecule has 0 spiro atoms. The molecule has 1 saturated heterocycles. The smallest absolute Gasteiger partial charge is 0.246 e. The third-order valence-corrected chi connectivity index (χ3v) is 4.76. The molecule has 1 unspecified atom stereocenters. The monoisotopic (exact) mass is 288 g/mol. The molecule has 1 aliphatic rings. The fourth-order valence-electron chi connectivity index (χ4n) is 1.86. The van der Waals surface area contributed by atoms with Gasteiger partial charge in [-0.1, -0.05) is 0 Å². The predicted octanol–water partition coefficient (Wildman–Crippen LogP) is -1.25. The Bertz CT molecular complexity index is 536. The van der Waals surface area contributed by atoms with E-state index >= 15 is 0 Å². The van der Waals surface area contributed by atoms with Crippen LogP contribution in [0.25, 0.3) is 0 Å². The van der Waals surface area contributed by atoms with E-state index < -0.39 is 16.1 Å². The number of nitrogen functional groups attached to an aromatic ring is 1. The van der Waals surface area contributed by atoms with Crippen LogP contribution >= 0.6 is 0 Å². The summed E-state index contributed by atoms with van der Waals surface area (Å²) in [5.74, 6) is 5.30. The Balaban J connectivity index is 2.31. The molecule has 0 radical (unpaired) electrons. The van der Waals surface area contributed by atoms with E-state index in [9.17, 15) is 8.42 Å². The molecular weight excluding hydrogens is 272 g/mol. The SMILES string of the molecule is NNc1ccncc1S(=O)(=O)N1CCOC(CO)C1. The Hall–Kier alpha value is -1.26. The number of nitrogens with two attached hydrogens (primary N) is 1. The van der Waals surface area contributed by atoms with Gasteiger partial charge >= 0.3 is 0 Å². The molecule has 0 aliphatic carbocycles. The molecule has 2 heterocycles. The van der Waals surface area contributed by atoms with Crippen molar-refractivity contribution >= 4 is 15.7 Å². The molecule has 0 saturated carbocycles. The van der Waals surface area contributed by atoms with Gasteiger partial charge in [-0.3, -0.25) is 10.8 Å². The zero-order valence-electron chi connectivity index (χ0n) is 10.2. The average Bonchev–Trinajstić information content (AvgIpc) is 2.47. The summed E-state index contributed by atoms with van der Waals surface area (Å²) in [6.07, 6.45) is 2.19. The Kier molecular flexibility index (Phi) is 4.32. The molecule has 1 fully saturated rings. The topological polar surface area (TPSA) is 118 Å². The van der Waals surface area contributed by atoms with E-state index in [2.05, 4.69) is 10.4 Å². The molecule has 1 atom stereocenters. The fraction of sp³-hybridized carbons (Fsp3) is 0.500. The van der Waals surface area contributed by atoms with Crippen LogP contribution in [0.15, 0.2) is 23.4 Å². The highest BCUT2D eigenvalue weighted by atomic mass is 32.2. The summed E-state index contributed by atoms with van der Waals surface area (Å²) in [7, 11) is -3.71. The summed E-state index contributed by atoms with van der Waals surface area (Å²) in [5, 5.41) is 9.05. The summed E-state index contributed by atoms with van der Waals surface area (Å²) in [6, 6.07) is 1.48. The molecule has 106 valence electrons. The van der Waals surface area contributed by atoms with Gasteiger partial charge in [-0.05, 0) is 6.07 Å². The van der Waals surface area contributed by atoms with E-state index in [-0.39, 0.29) is 36.9 Å². The molecule has 1 aromatic heterocycles. The van der Waals surface area contributed by atoms with Crippen molar-refractivity contribution in [2.24, 2.45) is 5.84 Å². The zero-order chi connectivity index (χ0) is 13.9. The normalized spacial score (nSPS) is 21.3. The van der Waals surface area contributed by atoms with Gasteiger partial charge in [0.25, 0.3) is 0 Å². The van der Waals surface area contributed by atoms with Gasteiger partial charge in [-0.15, -0.1) is 0 Å². The van der Waals surface area contributed by atoms with Crippen LogP contribution in [0, 0.1) is 0 Å². The van der Waals surface area contributed by atoms with Crippen molar-refractivity contribution in [1.82, 2.24) is 9.29 Å². The van der Waals surface area contributed by atoms with E-state index in [1.807, 2.05) is 0 Å². The lowest BCUT2D eigenvalue weighted by Crippen LogP contribution is -2.46. The van der Waals surface area contributed by atoms with Crippen LogP contribution in [-0.2, 0) is 14.8 Å². The fourth-order valence-corrected chi connectivity index (χ4v) is 3.42. The van der Waals surface area contributed by atoms with Crippen molar-refractivity contribution in [2.75, 3.05) is 31.7 Å². The molecule has 1 aliphatic heterocycles. The molecule has 4 N–H and O–H groups in total. The van der Waals surface area contributed by atoms with Crippen LogP contribution in [0.2, 0.25) is 0 Å². The third kappa shape index (κ3) is 2.85. The van der Waals surface area contributed by atoms with Crippen LogP contribution in [0.1, 0.15) is 0 Å². The third-order valence-electron chi connectivity index (χ3n) is 2.86. The summed E-state index contributed by atoms with van der Waals surface area (Å²) in [5.41, 5.74) is 2.62. The molecule has 19 heavy (non-hydrogen) atoms. The van der Waals surface area contributed by atoms with Gasteiger partial charge in [0.15, 0.2) is 0 Å². The van der Waals surface area contributed by atoms with Crippen LogP contribution in [0.5, 0.6) is 0 Å². The number of pyridine rings is 1. The summed E-state index contributed by atoms with van der Waals surface area (Å²) >= 11 is 0. The van der Waals surface area contributed by atoms with Crippen LogP contribution in [0.4, 0.5) is 5.69 Å². The first-order valence-electron chi connectivity index (χ1n) is 5.73. The Morgan fingerprint density at radius 1 is 1.63 bits per heavy atom. The molecule has 2 rings (SSSR count). The summed E-state index contributed by atoms with van der Waals surface area (Å²) in [6.45, 7) is 0.368. The Morgan fingerprint density at radius 3 is 3.11 bits per heavy atom. The largest absolute Gasteiger partial charge is 0.394 e. The van der Waals surface area contributed by atoms with Gasteiger partial charge in [0.05, 0.1) is 25.0 Å². The highest BCUT2D eigenvalue weighted by Crippen LogP contribution is 2.24. The van der Waals surface area contributed by atoms with Crippen molar-refractivity contribution in [3.8, 4) is 0 Å². The number of morpholine rings is 1. The highest BCUT2D eigenvalue weighted by Gasteiger charge is 2.32. The minimum Gasteiger partial charge on any atom is -0.394 e. The standard InChI is InChI=1S/C10H16N4O4S/c11-13-9-1-2-12-5-10(9)19(16,17)14-3-4-18-8(6-14)7-15/h1-2,5,8,15H,3-4,6-7,11H2,(H,12,13). The van der Waals surface area contributed by atoms with Gasteiger partial charge < -0.3 is 15.3 Å². The summed E-state index contributed by atoms with van der Waals surface area (Å²) in [4.78, 5) is 3.82. The molecule has 0 bridgehead atoms.